The molecule has 0 radical (unpaired) electrons. The predicted octanol–water partition coefficient (Wildman–Crippen LogP) is 3.27. The summed E-state index contributed by atoms with van der Waals surface area (Å²) in [5, 5.41) is 2.92. The van der Waals surface area contributed by atoms with Crippen molar-refractivity contribution in [3.05, 3.63) is 52.0 Å². The van der Waals surface area contributed by atoms with Gasteiger partial charge in [0.05, 0.1) is 24.9 Å². The van der Waals surface area contributed by atoms with Gasteiger partial charge >= 0.3 is 5.97 Å². The number of methoxy groups -OCH3 is 2. The minimum Gasteiger partial charge on any atom is -0.493 e. The Morgan fingerprint density at radius 2 is 1.89 bits per heavy atom. The van der Waals surface area contributed by atoms with E-state index in [4.69, 9.17) is 25.8 Å². The number of nitrogens with one attached hydrogen (secondary N) is 1. The normalized spacial score (nSPS) is 10.1. The number of rotatable bonds is 7. The monoisotopic (exact) mass is 391 g/mol. The molecule has 0 atom stereocenters. The van der Waals surface area contributed by atoms with Crippen LogP contribution in [-0.4, -0.2) is 39.0 Å². The fourth-order valence-corrected chi connectivity index (χ4v) is 2.64. The maximum Gasteiger partial charge on any atom is 0.343 e. The first-order valence-electron chi connectivity index (χ1n) is 7.84. The number of hydrogen-bond acceptors (Lipinski definition) is 6. The van der Waals surface area contributed by atoms with Crippen molar-refractivity contribution in [1.29, 1.82) is 0 Å². The van der Waals surface area contributed by atoms with Crippen LogP contribution in [0.2, 0.25) is 5.02 Å². The van der Waals surface area contributed by atoms with Crippen LogP contribution in [0.3, 0.4) is 0 Å². The summed E-state index contributed by atoms with van der Waals surface area (Å²) in [6.45, 7) is 1.30. The van der Waals surface area contributed by atoms with Gasteiger partial charge in [-0.05, 0) is 36.8 Å². The first kappa shape index (κ1) is 20.3. The lowest BCUT2D eigenvalue weighted by atomic mass is 10.1. The first-order chi connectivity index (χ1) is 12.9. The van der Waals surface area contributed by atoms with Gasteiger partial charge in [0, 0.05) is 5.56 Å². The summed E-state index contributed by atoms with van der Waals surface area (Å²) >= 11 is 6.05. The van der Waals surface area contributed by atoms with Gasteiger partial charge in [0.2, 0.25) is 0 Å². The number of hydrogen-bond donors (Lipinski definition) is 1. The summed E-state index contributed by atoms with van der Waals surface area (Å²) in [4.78, 5) is 35.7. The van der Waals surface area contributed by atoms with Crippen LogP contribution in [0.4, 0.5) is 5.69 Å². The number of anilines is 1. The fraction of sp³-hybridized carbons (Fsp3) is 0.211. The maximum absolute atomic E-state index is 12.4. The van der Waals surface area contributed by atoms with Crippen molar-refractivity contribution < 1.29 is 28.6 Å². The van der Waals surface area contributed by atoms with Gasteiger partial charge < -0.3 is 19.5 Å². The molecule has 8 heteroatoms. The highest BCUT2D eigenvalue weighted by atomic mass is 35.5. The molecule has 0 aromatic heterocycles. The Hall–Kier alpha value is -3.06. The average molecular weight is 392 g/mol. The molecule has 2 rings (SSSR count). The van der Waals surface area contributed by atoms with Crippen LogP contribution in [0.1, 0.15) is 26.3 Å². The Kier molecular flexibility index (Phi) is 6.79. The Morgan fingerprint density at radius 1 is 1.15 bits per heavy atom. The quantitative estimate of drug-likeness (QED) is 0.575. The predicted molar refractivity (Wildman–Crippen MR) is 100 cm³/mol. The Balaban J connectivity index is 2.13. The summed E-state index contributed by atoms with van der Waals surface area (Å²) in [5.74, 6) is -1.17. The number of ether oxygens (including phenoxy) is 3. The van der Waals surface area contributed by atoms with E-state index in [9.17, 15) is 14.4 Å². The molecule has 1 N–H and O–H groups in total. The van der Waals surface area contributed by atoms with Gasteiger partial charge in [0.1, 0.15) is 5.56 Å². The van der Waals surface area contributed by atoms with Gasteiger partial charge in [-0.2, -0.15) is 0 Å². The van der Waals surface area contributed by atoms with E-state index < -0.39 is 18.5 Å². The van der Waals surface area contributed by atoms with E-state index in [-0.39, 0.29) is 22.6 Å². The number of halogens is 1. The SMILES string of the molecule is COc1ccc(C=O)c(C(=O)OCC(=O)Nc2ccc(C)cc2Cl)c1OC. The molecule has 27 heavy (non-hydrogen) atoms. The molecule has 0 heterocycles. The number of esters is 1. The van der Waals surface area contributed by atoms with Gasteiger partial charge in [0.15, 0.2) is 24.4 Å². The number of aryl methyl sites for hydroxylation is 1. The maximum atomic E-state index is 12.4. The molecule has 0 spiro atoms. The zero-order chi connectivity index (χ0) is 20.0. The van der Waals surface area contributed by atoms with Gasteiger partial charge in [0.25, 0.3) is 5.91 Å². The van der Waals surface area contributed by atoms with Gasteiger partial charge in [-0.25, -0.2) is 4.79 Å². The molecule has 7 nitrogen and oxygen atoms in total. The van der Waals surface area contributed by atoms with Crippen molar-refractivity contribution in [3.8, 4) is 11.5 Å². The molecule has 0 saturated carbocycles. The van der Waals surface area contributed by atoms with Crippen molar-refractivity contribution in [2.75, 3.05) is 26.1 Å². The average Bonchev–Trinajstić information content (AvgIpc) is 2.66. The van der Waals surface area contributed by atoms with Crippen molar-refractivity contribution >= 4 is 35.5 Å². The summed E-state index contributed by atoms with van der Waals surface area (Å²) in [6.07, 6.45) is 0.491. The van der Waals surface area contributed by atoms with Crippen LogP contribution in [0.15, 0.2) is 30.3 Å². The highest BCUT2D eigenvalue weighted by molar-refractivity contribution is 6.33. The lowest BCUT2D eigenvalue weighted by molar-refractivity contribution is -0.119. The van der Waals surface area contributed by atoms with Gasteiger partial charge in [-0.3, -0.25) is 9.59 Å². The van der Waals surface area contributed by atoms with Crippen LogP contribution in [-0.2, 0) is 9.53 Å². The zero-order valence-electron chi connectivity index (χ0n) is 15.0. The number of amides is 1. The number of aldehydes is 1. The van der Waals surface area contributed by atoms with E-state index in [0.29, 0.717) is 17.0 Å². The molecule has 0 bridgehead atoms. The highest BCUT2D eigenvalue weighted by Gasteiger charge is 2.23. The second kappa shape index (κ2) is 9.05. The van der Waals surface area contributed by atoms with Crippen molar-refractivity contribution in [1.82, 2.24) is 0 Å². The van der Waals surface area contributed by atoms with Crippen molar-refractivity contribution in [3.63, 3.8) is 0 Å². The largest absolute Gasteiger partial charge is 0.493 e. The van der Waals surface area contributed by atoms with E-state index in [1.54, 1.807) is 18.2 Å². The minimum atomic E-state index is -0.891. The third-order valence-corrected chi connectivity index (χ3v) is 3.95. The lowest BCUT2D eigenvalue weighted by Crippen LogP contribution is -2.22. The van der Waals surface area contributed by atoms with Crippen molar-refractivity contribution in [2.45, 2.75) is 6.92 Å². The second-order valence-electron chi connectivity index (χ2n) is 5.49. The topological polar surface area (TPSA) is 90.9 Å². The van der Waals surface area contributed by atoms with Crippen LogP contribution >= 0.6 is 11.6 Å². The molecule has 0 fully saturated rings. The third-order valence-electron chi connectivity index (χ3n) is 3.64. The van der Waals surface area contributed by atoms with E-state index in [2.05, 4.69) is 5.32 Å². The second-order valence-corrected chi connectivity index (χ2v) is 5.90. The van der Waals surface area contributed by atoms with Gasteiger partial charge in [-0.15, -0.1) is 0 Å². The molecule has 1 amide bonds. The van der Waals surface area contributed by atoms with E-state index >= 15 is 0 Å². The third kappa shape index (κ3) is 4.77. The smallest absolute Gasteiger partial charge is 0.343 e. The minimum absolute atomic E-state index is 0.0501. The first-order valence-corrected chi connectivity index (χ1v) is 8.22. The number of carbonyl (C=O) groups is 3. The standard InChI is InChI=1S/C19H18ClNO6/c1-11-4-6-14(13(20)8-11)21-16(23)10-27-19(24)17-12(9-22)5-7-15(25-2)18(17)26-3/h4-9H,10H2,1-3H3,(H,21,23). The molecular formula is C19H18ClNO6. The van der Waals surface area contributed by atoms with Gasteiger partial charge in [-0.1, -0.05) is 17.7 Å². The molecule has 0 aliphatic heterocycles. The Labute approximate surface area is 161 Å². The lowest BCUT2D eigenvalue weighted by Gasteiger charge is -2.14. The van der Waals surface area contributed by atoms with Crippen LogP contribution in [0.25, 0.3) is 0 Å². The molecule has 0 aliphatic rings. The molecule has 2 aromatic rings. The summed E-state index contributed by atoms with van der Waals surface area (Å²) in [7, 11) is 2.72. The fourth-order valence-electron chi connectivity index (χ4n) is 2.36. The Morgan fingerprint density at radius 3 is 2.48 bits per heavy atom. The summed E-state index contributed by atoms with van der Waals surface area (Å²) in [5.41, 5.74) is 1.28. The molecule has 2 aromatic carbocycles. The summed E-state index contributed by atoms with van der Waals surface area (Å²) < 4.78 is 15.3. The number of carbonyl (C=O) groups excluding carboxylic acids is 3. The number of benzene rings is 2. The van der Waals surface area contributed by atoms with E-state index in [0.717, 1.165) is 5.56 Å². The molecular weight excluding hydrogens is 374 g/mol. The van der Waals surface area contributed by atoms with Crippen LogP contribution < -0.4 is 14.8 Å². The van der Waals surface area contributed by atoms with Crippen LogP contribution in [0, 0.1) is 6.92 Å². The summed E-state index contributed by atoms with van der Waals surface area (Å²) in [6, 6.07) is 8.02. The van der Waals surface area contributed by atoms with Crippen LogP contribution in [0.5, 0.6) is 11.5 Å². The highest BCUT2D eigenvalue weighted by Crippen LogP contribution is 2.33. The molecule has 0 saturated heterocycles. The Bertz CT molecular complexity index is 881. The van der Waals surface area contributed by atoms with Crippen molar-refractivity contribution in [2.24, 2.45) is 0 Å². The van der Waals surface area contributed by atoms with E-state index in [1.807, 2.05) is 6.92 Å². The molecule has 0 aliphatic carbocycles. The molecule has 0 unspecified atom stereocenters. The van der Waals surface area contributed by atoms with E-state index in [1.165, 1.54) is 26.4 Å². The molecule has 142 valence electrons. The zero-order valence-corrected chi connectivity index (χ0v) is 15.8.